The summed E-state index contributed by atoms with van der Waals surface area (Å²) in [6.07, 6.45) is 2.58. The van der Waals surface area contributed by atoms with Crippen molar-refractivity contribution in [3.05, 3.63) is 47.8 Å². The summed E-state index contributed by atoms with van der Waals surface area (Å²) in [5, 5.41) is 14.3. The molecular weight excluding hydrogens is 411 g/mol. The van der Waals surface area contributed by atoms with Crippen molar-refractivity contribution in [2.45, 2.75) is 36.6 Å². The zero-order valence-electron chi connectivity index (χ0n) is 15.7. The van der Waals surface area contributed by atoms with Gasteiger partial charge in [0.2, 0.25) is 5.91 Å². The lowest BCUT2D eigenvalue weighted by molar-refractivity contribution is -0.116. The zero-order chi connectivity index (χ0) is 20.9. The molecule has 30 heavy (non-hydrogen) atoms. The fraction of sp³-hybridized carbons (Fsp3) is 0.263. The van der Waals surface area contributed by atoms with E-state index in [2.05, 4.69) is 25.6 Å². The molecule has 2 aliphatic rings. The van der Waals surface area contributed by atoms with Gasteiger partial charge in [0.15, 0.2) is 5.82 Å². The van der Waals surface area contributed by atoms with E-state index in [9.17, 15) is 17.6 Å². The Hall–Kier alpha value is -3.34. The largest absolute Gasteiger partial charge is 0.326 e. The van der Waals surface area contributed by atoms with Crippen LogP contribution >= 0.6 is 0 Å². The van der Waals surface area contributed by atoms with Crippen LogP contribution in [0, 0.1) is 5.82 Å². The van der Waals surface area contributed by atoms with E-state index in [-0.39, 0.29) is 24.1 Å². The number of benzene rings is 2. The highest BCUT2D eigenvalue weighted by atomic mass is 32.2. The molecule has 0 radical (unpaired) electrons. The summed E-state index contributed by atoms with van der Waals surface area (Å²) in [7, 11) is -4.19. The summed E-state index contributed by atoms with van der Waals surface area (Å²) in [6, 6.07) is 9.22. The maximum Gasteiger partial charge on any atom is 0.264 e. The van der Waals surface area contributed by atoms with Crippen LogP contribution in [-0.4, -0.2) is 34.5 Å². The molecule has 1 aliphatic carbocycles. The van der Waals surface area contributed by atoms with Gasteiger partial charge in [0.1, 0.15) is 10.7 Å². The van der Waals surface area contributed by atoms with Gasteiger partial charge in [0.25, 0.3) is 10.0 Å². The average Bonchev–Trinajstić information content (AvgIpc) is 3.43. The molecule has 1 saturated carbocycles. The van der Waals surface area contributed by atoms with E-state index in [4.69, 9.17) is 0 Å². The SMILES string of the molecule is O=C1CCc2cc(S(=O)(=O)Nc3cccc(-c4nnnn4C4CC4)c3)c(F)cc2N1. The minimum absolute atomic E-state index is 0.221. The number of aromatic nitrogens is 4. The third-order valence-electron chi connectivity index (χ3n) is 5.10. The molecule has 11 heteroatoms. The number of nitrogens with zero attached hydrogens (tertiary/aromatic N) is 4. The van der Waals surface area contributed by atoms with Gasteiger partial charge < -0.3 is 5.32 Å². The maximum absolute atomic E-state index is 14.6. The van der Waals surface area contributed by atoms with Crippen molar-refractivity contribution < 1.29 is 17.6 Å². The van der Waals surface area contributed by atoms with Crippen molar-refractivity contribution in [2.24, 2.45) is 0 Å². The van der Waals surface area contributed by atoms with E-state index in [0.717, 1.165) is 18.9 Å². The average molecular weight is 428 g/mol. The van der Waals surface area contributed by atoms with Crippen LogP contribution in [0.25, 0.3) is 11.4 Å². The quantitative estimate of drug-likeness (QED) is 0.645. The van der Waals surface area contributed by atoms with E-state index in [1.807, 2.05) is 0 Å². The highest BCUT2D eigenvalue weighted by Gasteiger charge is 2.29. The maximum atomic E-state index is 14.6. The number of carbonyl (C=O) groups excluding carboxylic acids is 1. The van der Waals surface area contributed by atoms with Crippen LogP contribution in [0.4, 0.5) is 15.8 Å². The molecule has 9 nitrogen and oxygen atoms in total. The first-order chi connectivity index (χ1) is 14.4. The molecule has 1 fully saturated rings. The Balaban J connectivity index is 1.46. The van der Waals surface area contributed by atoms with Gasteiger partial charge in [-0.15, -0.1) is 5.10 Å². The van der Waals surface area contributed by atoms with Crippen molar-refractivity contribution in [3.8, 4) is 11.4 Å². The number of amides is 1. The van der Waals surface area contributed by atoms with Gasteiger partial charge in [-0.1, -0.05) is 12.1 Å². The normalized spacial score (nSPS) is 16.1. The molecule has 1 amide bonds. The second kappa shape index (κ2) is 6.87. The topological polar surface area (TPSA) is 119 Å². The number of tetrazole rings is 1. The number of fused-ring (bicyclic) bond motifs is 1. The smallest absolute Gasteiger partial charge is 0.264 e. The second-order valence-electron chi connectivity index (χ2n) is 7.35. The molecule has 2 N–H and O–H groups in total. The van der Waals surface area contributed by atoms with Crippen LogP contribution in [0.3, 0.4) is 0 Å². The molecule has 1 aromatic heterocycles. The summed E-state index contributed by atoms with van der Waals surface area (Å²) in [6.45, 7) is 0. The Morgan fingerprint density at radius 3 is 2.80 bits per heavy atom. The predicted molar refractivity (Wildman–Crippen MR) is 106 cm³/mol. The van der Waals surface area contributed by atoms with E-state index in [0.29, 0.717) is 29.1 Å². The fourth-order valence-electron chi connectivity index (χ4n) is 3.47. The van der Waals surface area contributed by atoms with Gasteiger partial charge in [0.05, 0.1) is 6.04 Å². The van der Waals surface area contributed by atoms with Gasteiger partial charge in [-0.25, -0.2) is 17.5 Å². The predicted octanol–water partition coefficient (Wildman–Crippen LogP) is 2.50. The second-order valence-corrected chi connectivity index (χ2v) is 9.00. The molecule has 0 spiro atoms. The summed E-state index contributed by atoms with van der Waals surface area (Å²) >= 11 is 0. The molecule has 5 rings (SSSR count). The Morgan fingerprint density at radius 1 is 1.17 bits per heavy atom. The van der Waals surface area contributed by atoms with Crippen molar-refractivity contribution in [2.75, 3.05) is 10.0 Å². The van der Waals surface area contributed by atoms with Gasteiger partial charge in [0, 0.05) is 23.4 Å². The van der Waals surface area contributed by atoms with E-state index >= 15 is 0 Å². The summed E-state index contributed by atoms with van der Waals surface area (Å²) in [5.41, 5.74) is 1.80. The fourth-order valence-corrected chi connectivity index (χ4v) is 4.63. The number of rotatable bonds is 5. The summed E-state index contributed by atoms with van der Waals surface area (Å²) < 4.78 is 44.4. The molecule has 0 saturated heterocycles. The number of hydrogen-bond donors (Lipinski definition) is 2. The van der Waals surface area contributed by atoms with Gasteiger partial charge in [-0.3, -0.25) is 9.52 Å². The Labute approximate surface area is 171 Å². The Morgan fingerprint density at radius 2 is 2.00 bits per heavy atom. The molecule has 2 heterocycles. The summed E-state index contributed by atoms with van der Waals surface area (Å²) in [4.78, 5) is 11.0. The first kappa shape index (κ1) is 18.7. The Bertz CT molecular complexity index is 1270. The number of anilines is 2. The zero-order valence-corrected chi connectivity index (χ0v) is 16.5. The van der Waals surface area contributed by atoms with E-state index in [1.165, 1.54) is 6.07 Å². The first-order valence-corrected chi connectivity index (χ1v) is 10.9. The monoisotopic (exact) mass is 428 g/mol. The molecule has 154 valence electrons. The molecular formula is C19H17FN6O3S. The first-order valence-electron chi connectivity index (χ1n) is 9.44. The Kier molecular flexibility index (Phi) is 4.28. The minimum Gasteiger partial charge on any atom is -0.326 e. The molecule has 0 unspecified atom stereocenters. The van der Waals surface area contributed by atoms with Crippen molar-refractivity contribution in [3.63, 3.8) is 0 Å². The molecule has 0 atom stereocenters. The summed E-state index contributed by atoms with van der Waals surface area (Å²) in [5.74, 6) is -0.604. The van der Waals surface area contributed by atoms with Gasteiger partial charge >= 0.3 is 0 Å². The number of sulfonamides is 1. The van der Waals surface area contributed by atoms with Gasteiger partial charge in [-0.05, 0) is 59.5 Å². The van der Waals surface area contributed by atoms with Crippen LogP contribution in [-0.2, 0) is 21.2 Å². The highest BCUT2D eigenvalue weighted by Crippen LogP contribution is 2.37. The standard InChI is InChI=1S/C19H17FN6O3S/c20-15-10-16-11(4-7-18(27)21-16)9-17(15)30(28,29)23-13-3-1-2-12(8-13)19-22-24-25-26(19)14-5-6-14/h1-3,8-10,14,23H,4-7H2,(H,21,27). The number of halogens is 1. The van der Waals surface area contributed by atoms with Crippen LogP contribution < -0.4 is 10.0 Å². The number of aryl methyl sites for hydroxylation is 1. The van der Waals surface area contributed by atoms with Crippen LogP contribution in [0.5, 0.6) is 0 Å². The number of hydrogen-bond acceptors (Lipinski definition) is 6. The van der Waals surface area contributed by atoms with Crippen molar-refractivity contribution in [1.29, 1.82) is 0 Å². The van der Waals surface area contributed by atoms with Crippen LogP contribution in [0.1, 0.15) is 30.9 Å². The van der Waals surface area contributed by atoms with Crippen molar-refractivity contribution >= 4 is 27.3 Å². The molecule has 2 aromatic carbocycles. The number of nitrogens with one attached hydrogen (secondary N) is 2. The van der Waals surface area contributed by atoms with Gasteiger partial charge in [-0.2, -0.15) is 0 Å². The lowest BCUT2D eigenvalue weighted by atomic mass is 10.0. The van der Waals surface area contributed by atoms with Crippen LogP contribution in [0.2, 0.25) is 0 Å². The van der Waals surface area contributed by atoms with E-state index < -0.39 is 20.7 Å². The lowest BCUT2D eigenvalue weighted by Gasteiger charge is -2.18. The van der Waals surface area contributed by atoms with Crippen molar-refractivity contribution in [1.82, 2.24) is 20.2 Å². The van der Waals surface area contributed by atoms with Crippen LogP contribution in [0.15, 0.2) is 41.3 Å². The molecule has 1 aliphatic heterocycles. The van der Waals surface area contributed by atoms with E-state index in [1.54, 1.807) is 28.9 Å². The third kappa shape index (κ3) is 3.41. The highest BCUT2D eigenvalue weighted by molar-refractivity contribution is 7.92. The number of carbonyl (C=O) groups is 1. The molecule has 0 bridgehead atoms. The lowest BCUT2D eigenvalue weighted by Crippen LogP contribution is -2.21. The third-order valence-corrected chi connectivity index (χ3v) is 6.50. The minimum atomic E-state index is -4.19. The molecule has 3 aromatic rings.